The van der Waals surface area contributed by atoms with E-state index in [1.165, 1.54) is 38.8 Å². The molecule has 0 amide bonds. The molecule has 2 atom stereocenters. The molecule has 1 aliphatic heterocycles. The zero-order valence-electron chi connectivity index (χ0n) is 10.5. The third kappa shape index (κ3) is 3.44. The van der Waals surface area contributed by atoms with E-state index in [2.05, 4.69) is 17.1 Å². The minimum atomic E-state index is 0.332. The van der Waals surface area contributed by atoms with Crippen LogP contribution in [0.1, 0.15) is 39.0 Å². The molecule has 0 aromatic carbocycles. The van der Waals surface area contributed by atoms with Crippen LogP contribution in [-0.4, -0.2) is 48.3 Å². The standard InChI is InChI=1S/C13H26N2O/c1-2-11(6-8-16)9-14-12-5-7-15(10-12)13-3-4-13/h11-14,16H,2-10H2,1H3. The predicted molar refractivity (Wildman–Crippen MR) is 66.5 cm³/mol. The first-order valence-corrected chi connectivity index (χ1v) is 6.91. The lowest BCUT2D eigenvalue weighted by Gasteiger charge is -2.19. The number of aliphatic hydroxyl groups is 1. The summed E-state index contributed by atoms with van der Waals surface area (Å²) in [5, 5.41) is 12.6. The molecule has 2 aliphatic rings. The predicted octanol–water partition coefficient (Wildman–Crippen LogP) is 1.22. The van der Waals surface area contributed by atoms with Crippen molar-refractivity contribution in [2.45, 2.75) is 51.1 Å². The fourth-order valence-electron chi connectivity index (χ4n) is 2.69. The molecule has 3 heteroatoms. The number of hydrogen-bond acceptors (Lipinski definition) is 3. The maximum Gasteiger partial charge on any atom is 0.0434 e. The molecule has 2 N–H and O–H groups in total. The van der Waals surface area contributed by atoms with E-state index in [9.17, 15) is 0 Å². The topological polar surface area (TPSA) is 35.5 Å². The second-order valence-electron chi connectivity index (χ2n) is 5.41. The lowest BCUT2D eigenvalue weighted by atomic mass is 10.0. The summed E-state index contributed by atoms with van der Waals surface area (Å²) in [5.74, 6) is 0.653. The Hall–Kier alpha value is -0.120. The molecule has 0 spiro atoms. The van der Waals surface area contributed by atoms with Crippen molar-refractivity contribution in [2.75, 3.05) is 26.2 Å². The smallest absolute Gasteiger partial charge is 0.0434 e. The Kier molecular flexibility index (Phi) is 4.62. The minimum absolute atomic E-state index is 0.332. The summed E-state index contributed by atoms with van der Waals surface area (Å²) < 4.78 is 0. The Morgan fingerprint density at radius 2 is 2.19 bits per heavy atom. The summed E-state index contributed by atoms with van der Waals surface area (Å²) in [7, 11) is 0. The number of likely N-dealkylation sites (tertiary alicyclic amines) is 1. The summed E-state index contributed by atoms with van der Waals surface area (Å²) >= 11 is 0. The second kappa shape index (κ2) is 5.99. The molecule has 1 heterocycles. The van der Waals surface area contributed by atoms with Crippen LogP contribution in [0.3, 0.4) is 0 Å². The zero-order chi connectivity index (χ0) is 11.4. The van der Waals surface area contributed by atoms with Crippen LogP contribution in [0.2, 0.25) is 0 Å². The van der Waals surface area contributed by atoms with Crippen LogP contribution in [0.4, 0.5) is 0 Å². The molecule has 2 unspecified atom stereocenters. The second-order valence-corrected chi connectivity index (χ2v) is 5.41. The average Bonchev–Trinajstić information content (AvgIpc) is 3.04. The Bertz CT molecular complexity index is 206. The summed E-state index contributed by atoms with van der Waals surface area (Å²) in [6, 6.07) is 1.62. The molecule has 0 aromatic heterocycles. The van der Waals surface area contributed by atoms with Crippen LogP contribution < -0.4 is 5.32 Å². The number of nitrogens with zero attached hydrogens (tertiary/aromatic N) is 1. The van der Waals surface area contributed by atoms with E-state index in [-0.39, 0.29) is 0 Å². The third-order valence-corrected chi connectivity index (χ3v) is 4.09. The molecule has 1 saturated carbocycles. The zero-order valence-corrected chi connectivity index (χ0v) is 10.5. The van der Waals surface area contributed by atoms with Gasteiger partial charge in [0.2, 0.25) is 0 Å². The van der Waals surface area contributed by atoms with E-state index < -0.39 is 0 Å². The van der Waals surface area contributed by atoms with Gasteiger partial charge in [0.15, 0.2) is 0 Å². The first-order valence-electron chi connectivity index (χ1n) is 6.91. The molecule has 1 aliphatic carbocycles. The molecular weight excluding hydrogens is 200 g/mol. The largest absolute Gasteiger partial charge is 0.396 e. The summed E-state index contributed by atoms with van der Waals surface area (Å²) in [6.07, 6.45) is 6.28. The van der Waals surface area contributed by atoms with E-state index in [4.69, 9.17) is 5.11 Å². The summed E-state index contributed by atoms with van der Waals surface area (Å²) in [6.45, 7) is 6.17. The van der Waals surface area contributed by atoms with Gasteiger partial charge in [0.1, 0.15) is 0 Å². The van der Waals surface area contributed by atoms with Crippen LogP contribution in [0.15, 0.2) is 0 Å². The molecule has 2 rings (SSSR count). The highest BCUT2D eigenvalue weighted by Gasteiger charge is 2.34. The van der Waals surface area contributed by atoms with Gasteiger partial charge >= 0.3 is 0 Å². The van der Waals surface area contributed by atoms with E-state index in [1.54, 1.807) is 0 Å². The normalized spacial score (nSPS) is 28.5. The van der Waals surface area contributed by atoms with Gasteiger partial charge in [-0.15, -0.1) is 0 Å². The van der Waals surface area contributed by atoms with Gasteiger partial charge < -0.3 is 10.4 Å². The first kappa shape index (κ1) is 12.3. The maximum atomic E-state index is 8.95. The van der Waals surface area contributed by atoms with Gasteiger partial charge in [-0.25, -0.2) is 0 Å². The van der Waals surface area contributed by atoms with Crippen LogP contribution in [0.5, 0.6) is 0 Å². The Labute approximate surface area is 99.2 Å². The van der Waals surface area contributed by atoms with Crippen molar-refractivity contribution in [3.63, 3.8) is 0 Å². The third-order valence-electron chi connectivity index (χ3n) is 4.09. The monoisotopic (exact) mass is 226 g/mol. The van der Waals surface area contributed by atoms with Crippen molar-refractivity contribution in [1.82, 2.24) is 10.2 Å². The molecule has 0 bridgehead atoms. The van der Waals surface area contributed by atoms with Crippen LogP contribution in [0, 0.1) is 5.92 Å². The number of hydrogen-bond donors (Lipinski definition) is 2. The van der Waals surface area contributed by atoms with Crippen molar-refractivity contribution in [3.8, 4) is 0 Å². The molecular formula is C13H26N2O. The van der Waals surface area contributed by atoms with E-state index in [0.717, 1.165) is 19.0 Å². The van der Waals surface area contributed by atoms with Gasteiger partial charge in [0.05, 0.1) is 0 Å². The highest BCUT2D eigenvalue weighted by atomic mass is 16.3. The van der Waals surface area contributed by atoms with Crippen molar-refractivity contribution >= 4 is 0 Å². The Balaban J connectivity index is 1.62. The molecule has 3 nitrogen and oxygen atoms in total. The fraction of sp³-hybridized carbons (Fsp3) is 1.00. The van der Waals surface area contributed by atoms with Crippen LogP contribution >= 0.6 is 0 Å². The van der Waals surface area contributed by atoms with Gasteiger partial charge in [0, 0.05) is 31.8 Å². The van der Waals surface area contributed by atoms with Gasteiger partial charge in [-0.05, 0) is 38.1 Å². The molecule has 0 radical (unpaired) electrons. The van der Waals surface area contributed by atoms with Crippen molar-refractivity contribution in [1.29, 1.82) is 0 Å². The van der Waals surface area contributed by atoms with E-state index in [1.807, 2.05) is 0 Å². The van der Waals surface area contributed by atoms with Crippen molar-refractivity contribution in [2.24, 2.45) is 5.92 Å². The van der Waals surface area contributed by atoms with Crippen molar-refractivity contribution < 1.29 is 5.11 Å². The number of aliphatic hydroxyl groups excluding tert-OH is 1. The lowest BCUT2D eigenvalue weighted by Crippen LogP contribution is -2.36. The lowest BCUT2D eigenvalue weighted by molar-refractivity contribution is 0.247. The number of rotatable bonds is 7. The highest BCUT2D eigenvalue weighted by Crippen LogP contribution is 2.29. The Morgan fingerprint density at radius 1 is 1.38 bits per heavy atom. The summed E-state index contributed by atoms with van der Waals surface area (Å²) in [4.78, 5) is 2.64. The van der Waals surface area contributed by atoms with Gasteiger partial charge in [0.25, 0.3) is 0 Å². The van der Waals surface area contributed by atoms with E-state index >= 15 is 0 Å². The Morgan fingerprint density at radius 3 is 2.81 bits per heavy atom. The fourth-order valence-corrected chi connectivity index (χ4v) is 2.69. The van der Waals surface area contributed by atoms with Crippen LogP contribution in [-0.2, 0) is 0 Å². The van der Waals surface area contributed by atoms with Crippen molar-refractivity contribution in [3.05, 3.63) is 0 Å². The maximum absolute atomic E-state index is 8.95. The summed E-state index contributed by atoms with van der Waals surface area (Å²) in [5.41, 5.74) is 0. The molecule has 2 fully saturated rings. The number of nitrogens with one attached hydrogen (secondary N) is 1. The van der Waals surface area contributed by atoms with Gasteiger partial charge in [-0.3, -0.25) is 4.90 Å². The first-order chi connectivity index (χ1) is 7.83. The van der Waals surface area contributed by atoms with Crippen LogP contribution in [0.25, 0.3) is 0 Å². The minimum Gasteiger partial charge on any atom is -0.396 e. The SMILES string of the molecule is CCC(CCO)CNC1CCN(C2CC2)C1. The average molecular weight is 226 g/mol. The molecule has 0 aromatic rings. The highest BCUT2D eigenvalue weighted by molar-refractivity contribution is 4.91. The van der Waals surface area contributed by atoms with Gasteiger partial charge in [-0.2, -0.15) is 0 Å². The molecule has 1 saturated heterocycles. The quantitative estimate of drug-likeness (QED) is 0.685. The molecule has 16 heavy (non-hydrogen) atoms. The van der Waals surface area contributed by atoms with Gasteiger partial charge in [-0.1, -0.05) is 13.3 Å². The molecule has 94 valence electrons. The van der Waals surface area contributed by atoms with E-state index in [0.29, 0.717) is 18.6 Å².